The quantitative estimate of drug-likeness (QED) is 0.273. The minimum absolute atomic E-state index is 0.0625. The number of ketones is 1. The number of carbonyl (C=O) groups excluding carboxylic acids is 1. The van der Waals surface area contributed by atoms with E-state index in [2.05, 4.69) is 32.6 Å². The molecule has 0 aliphatic heterocycles. The number of hydrogen-bond donors (Lipinski definition) is 2. The molecule has 0 amide bonds. The Morgan fingerprint density at radius 1 is 1.21 bits per heavy atom. The summed E-state index contributed by atoms with van der Waals surface area (Å²) >= 11 is 0. The average Bonchev–Trinajstić information content (AvgIpc) is 2.67. The van der Waals surface area contributed by atoms with Gasteiger partial charge in [0.2, 0.25) is 11.7 Å². The van der Waals surface area contributed by atoms with Gasteiger partial charge in [0.15, 0.2) is 0 Å². The SMILES string of the molecule is CCCCCCOc1ccccc1C(=O)/C=N/Nc1nnc(C(C)(C)C)c(=O)[nH]1. The molecule has 0 aliphatic rings. The van der Waals surface area contributed by atoms with Gasteiger partial charge in [-0.25, -0.2) is 5.43 Å². The minimum Gasteiger partial charge on any atom is -0.493 e. The molecule has 0 saturated carbocycles. The number of unbranched alkanes of at least 4 members (excludes halogenated alkanes) is 3. The van der Waals surface area contributed by atoms with E-state index in [-0.39, 0.29) is 17.3 Å². The summed E-state index contributed by atoms with van der Waals surface area (Å²) in [5.74, 6) is 0.277. The Labute approximate surface area is 170 Å². The van der Waals surface area contributed by atoms with Crippen LogP contribution in [0.1, 0.15) is 69.4 Å². The zero-order valence-corrected chi connectivity index (χ0v) is 17.5. The van der Waals surface area contributed by atoms with Crippen molar-refractivity contribution in [2.45, 2.75) is 58.8 Å². The lowest BCUT2D eigenvalue weighted by Crippen LogP contribution is -2.28. The molecule has 2 aromatic rings. The number of aromatic nitrogens is 3. The fourth-order valence-electron chi connectivity index (χ4n) is 2.61. The summed E-state index contributed by atoms with van der Waals surface area (Å²) < 4.78 is 5.76. The Hall–Kier alpha value is -3.03. The molecule has 0 unspecified atom stereocenters. The van der Waals surface area contributed by atoms with Crippen molar-refractivity contribution in [2.24, 2.45) is 5.10 Å². The Morgan fingerprint density at radius 2 is 1.97 bits per heavy atom. The van der Waals surface area contributed by atoms with Crippen molar-refractivity contribution in [1.29, 1.82) is 0 Å². The zero-order chi connectivity index (χ0) is 21.3. The van der Waals surface area contributed by atoms with E-state index in [1.165, 1.54) is 6.42 Å². The molecule has 2 N–H and O–H groups in total. The van der Waals surface area contributed by atoms with Crippen molar-refractivity contribution in [3.63, 3.8) is 0 Å². The highest BCUT2D eigenvalue weighted by atomic mass is 16.5. The van der Waals surface area contributed by atoms with Crippen molar-refractivity contribution in [1.82, 2.24) is 15.2 Å². The Morgan fingerprint density at radius 3 is 2.66 bits per heavy atom. The van der Waals surface area contributed by atoms with Crippen molar-refractivity contribution in [3.8, 4) is 5.75 Å². The highest BCUT2D eigenvalue weighted by Crippen LogP contribution is 2.19. The van der Waals surface area contributed by atoms with Crippen LogP contribution in [0.3, 0.4) is 0 Å². The molecular formula is C21H29N5O3. The maximum atomic E-state index is 12.5. The molecule has 0 spiro atoms. The topological polar surface area (TPSA) is 109 Å². The summed E-state index contributed by atoms with van der Waals surface area (Å²) in [5.41, 5.74) is 2.52. The van der Waals surface area contributed by atoms with E-state index in [0.717, 1.165) is 25.5 Å². The van der Waals surface area contributed by atoms with Gasteiger partial charge >= 0.3 is 0 Å². The molecule has 0 radical (unpaired) electrons. The number of carbonyl (C=O) groups is 1. The number of aromatic amines is 1. The van der Waals surface area contributed by atoms with Crippen LogP contribution < -0.4 is 15.7 Å². The number of ether oxygens (including phenoxy) is 1. The number of Topliss-reactive ketones (excluding diaryl/α,β-unsaturated/α-hetero) is 1. The van der Waals surface area contributed by atoms with E-state index < -0.39 is 5.41 Å². The first-order valence-corrected chi connectivity index (χ1v) is 9.85. The van der Waals surface area contributed by atoms with E-state index in [9.17, 15) is 9.59 Å². The first-order chi connectivity index (χ1) is 13.8. The number of nitrogens with zero attached hydrogens (tertiary/aromatic N) is 3. The first kappa shape index (κ1) is 22.3. The molecular weight excluding hydrogens is 370 g/mol. The van der Waals surface area contributed by atoms with Crippen LogP contribution in [0.4, 0.5) is 5.95 Å². The molecule has 1 heterocycles. The Kier molecular flexibility index (Phi) is 8.06. The van der Waals surface area contributed by atoms with Crippen LogP contribution in [0.15, 0.2) is 34.2 Å². The zero-order valence-electron chi connectivity index (χ0n) is 17.5. The lowest BCUT2D eigenvalue weighted by atomic mass is 9.93. The van der Waals surface area contributed by atoms with Crippen LogP contribution in [0.2, 0.25) is 0 Å². The van der Waals surface area contributed by atoms with Crippen LogP contribution in [0.5, 0.6) is 5.75 Å². The maximum absolute atomic E-state index is 12.5. The number of nitrogens with one attached hydrogen (secondary N) is 2. The van der Waals surface area contributed by atoms with Crippen LogP contribution >= 0.6 is 0 Å². The third-order valence-corrected chi connectivity index (χ3v) is 4.17. The fourth-order valence-corrected chi connectivity index (χ4v) is 2.61. The number of para-hydroxylation sites is 1. The Bertz CT molecular complexity index is 900. The Balaban J connectivity index is 1.99. The summed E-state index contributed by atoms with van der Waals surface area (Å²) in [6, 6.07) is 7.05. The fraction of sp³-hybridized carbons (Fsp3) is 0.476. The monoisotopic (exact) mass is 399 g/mol. The molecule has 2 rings (SSSR count). The second-order valence-electron chi connectivity index (χ2n) is 7.74. The van der Waals surface area contributed by atoms with Crippen molar-refractivity contribution in [2.75, 3.05) is 12.0 Å². The number of hydrogen-bond acceptors (Lipinski definition) is 7. The van der Waals surface area contributed by atoms with Crippen LogP contribution in [0, 0.1) is 0 Å². The number of anilines is 1. The molecule has 29 heavy (non-hydrogen) atoms. The number of H-pyrrole nitrogens is 1. The van der Waals surface area contributed by atoms with Gasteiger partial charge in [-0.15, -0.1) is 10.2 Å². The second kappa shape index (κ2) is 10.5. The summed E-state index contributed by atoms with van der Waals surface area (Å²) in [7, 11) is 0. The van der Waals surface area contributed by atoms with Gasteiger partial charge < -0.3 is 4.74 Å². The standard InChI is InChI=1S/C21H29N5O3/c1-5-6-7-10-13-29-17-12-9-8-11-15(17)16(27)14-22-25-20-23-19(28)18(24-26-20)21(2,3)4/h8-9,11-12,14H,5-7,10,13H2,1-4H3,(H2,23,25,26,28)/b22-14+. The third-order valence-electron chi connectivity index (χ3n) is 4.17. The van der Waals surface area contributed by atoms with E-state index in [4.69, 9.17) is 4.74 Å². The normalized spacial score (nSPS) is 11.6. The van der Waals surface area contributed by atoms with Gasteiger partial charge in [0.25, 0.3) is 5.56 Å². The molecule has 8 nitrogen and oxygen atoms in total. The maximum Gasteiger partial charge on any atom is 0.274 e. The number of hydrazone groups is 1. The van der Waals surface area contributed by atoms with Gasteiger partial charge in [-0.1, -0.05) is 59.1 Å². The summed E-state index contributed by atoms with van der Waals surface area (Å²) in [6.07, 6.45) is 5.50. The summed E-state index contributed by atoms with van der Waals surface area (Å²) in [6.45, 7) is 8.34. The average molecular weight is 399 g/mol. The summed E-state index contributed by atoms with van der Waals surface area (Å²) in [5, 5.41) is 11.7. The minimum atomic E-state index is -0.418. The van der Waals surface area contributed by atoms with Gasteiger partial charge in [-0.2, -0.15) is 5.10 Å². The number of benzene rings is 1. The third kappa shape index (κ3) is 6.81. The molecule has 1 aromatic heterocycles. The molecule has 8 heteroatoms. The van der Waals surface area contributed by atoms with Crippen molar-refractivity contribution < 1.29 is 9.53 Å². The molecule has 0 fully saturated rings. The molecule has 156 valence electrons. The van der Waals surface area contributed by atoms with Crippen LogP contribution in [-0.2, 0) is 5.41 Å². The predicted molar refractivity (Wildman–Crippen MR) is 114 cm³/mol. The second-order valence-corrected chi connectivity index (χ2v) is 7.74. The lowest BCUT2D eigenvalue weighted by Gasteiger charge is -2.15. The van der Waals surface area contributed by atoms with Gasteiger partial charge in [-0.3, -0.25) is 14.6 Å². The predicted octanol–water partition coefficient (Wildman–Crippen LogP) is 3.70. The lowest BCUT2D eigenvalue weighted by molar-refractivity contribution is 0.106. The van der Waals surface area contributed by atoms with E-state index in [0.29, 0.717) is 23.6 Å². The smallest absolute Gasteiger partial charge is 0.274 e. The van der Waals surface area contributed by atoms with E-state index in [1.807, 2.05) is 26.8 Å². The first-order valence-electron chi connectivity index (χ1n) is 9.85. The van der Waals surface area contributed by atoms with Crippen molar-refractivity contribution in [3.05, 3.63) is 45.9 Å². The highest BCUT2D eigenvalue weighted by molar-refractivity contribution is 6.36. The van der Waals surface area contributed by atoms with Gasteiger partial charge in [-0.05, 0) is 18.6 Å². The van der Waals surface area contributed by atoms with Gasteiger partial charge in [0.1, 0.15) is 11.4 Å². The molecule has 1 aromatic carbocycles. The molecule has 0 saturated heterocycles. The summed E-state index contributed by atoms with van der Waals surface area (Å²) in [4.78, 5) is 27.1. The molecule has 0 aliphatic carbocycles. The van der Waals surface area contributed by atoms with Crippen LogP contribution in [0.25, 0.3) is 0 Å². The van der Waals surface area contributed by atoms with Gasteiger partial charge in [0, 0.05) is 5.41 Å². The van der Waals surface area contributed by atoms with Crippen molar-refractivity contribution >= 4 is 17.9 Å². The van der Waals surface area contributed by atoms with Crippen LogP contribution in [-0.4, -0.2) is 33.8 Å². The van der Waals surface area contributed by atoms with E-state index in [1.54, 1.807) is 18.2 Å². The largest absolute Gasteiger partial charge is 0.493 e. The highest BCUT2D eigenvalue weighted by Gasteiger charge is 2.20. The van der Waals surface area contributed by atoms with Gasteiger partial charge in [0.05, 0.1) is 18.4 Å². The molecule has 0 bridgehead atoms. The number of rotatable bonds is 10. The molecule has 0 atom stereocenters. The van der Waals surface area contributed by atoms with E-state index >= 15 is 0 Å².